The van der Waals surface area contributed by atoms with E-state index in [-0.39, 0.29) is 5.91 Å². The van der Waals surface area contributed by atoms with Crippen LogP contribution in [0.1, 0.15) is 29.6 Å². The number of carbonyl (C=O) groups excluding carboxylic acids is 1. The van der Waals surface area contributed by atoms with Crippen LogP contribution in [0.2, 0.25) is 0 Å². The summed E-state index contributed by atoms with van der Waals surface area (Å²) in [5.41, 5.74) is 8.62. The standard InChI is InChI=1S/C16H20N4O/c17-13-3-1-11-7-20(8-12(11)5-13)16(21)10-2-4-14-15(6-10)19-9-18-14/h2,4,6,9,11-13H,1,3,5,7-8,17H2,(H,18,19)/t11-,12+,13?/m1/s1. The molecule has 110 valence electrons. The molecule has 21 heavy (non-hydrogen) atoms. The Morgan fingerprint density at radius 1 is 1.29 bits per heavy atom. The number of aromatic nitrogens is 2. The molecule has 1 saturated heterocycles. The Kier molecular flexibility index (Phi) is 2.96. The number of amides is 1. The Hall–Kier alpha value is -1.88. The molecular formula is C16H20N4O. The van der Waals surface area contributed by atoms with Crippen molar-refractivity contribution in [2.45, 2.75) is 25.3 Å². The minimum absolute atomic E-state index is 0.134. The number of H-pyrrole nitrogens is 1. The average Bonchev–Trinajstić information content (AvgIpc) is 3.11. The number of hydrogen-bond acceptors (Lipinski definition) is 3. The second kappa shape index (κ2) is 4.84. The van der Waals surface area contributed by atoms with Gasteiger partial charge in [0.2, 0.25) is 0 Å². The van der Waals surface area contributed by atoms with Crippen LogP contribution in [-0.4, -0.2) is 39.9 Å². The normalized spacial score (nSPS) is 28.8. The van der Waals surface area contributed by atoms with Crippen molar-refractivity contribution in [3.05, 3.63) is 30.1 Å². The number of nitrogens with one attached hydrogen (secondary N) is 1. The van der Waals surface area contributed by atoms with Crippen molar-refractivity contribution in [1.82, 2.24) is 14.9 Å². The van der Waals surface area contributed by atoms with Crippen molar-refractivity contribution < 1.29 is 4.79 Å². The zero-order valence-corrected chi connectivity index (χ0v) is 12.0. The predicted molar refractivity (Wildman–Crippen MR) is 80.8 cm³/mol. The van der Waals surface area contributed by atoms with E-state index in [0.717, 1.165) is 48.9 Å². The Balaban J connectivity index is 1.55. The van der Waals surface area contributed by atoms with E-state index in [9.17, 15) is 4.79 Å². The molecule has 1 saturated carbocycles. The maximum Gasteiger partial charge on any atom is 0.253 e. The Labute approximate surface area is 123 Å². The summed E-state index contributed by atoms with van der Waals surface area (Å²) in [6.45, 7) is 1.75. The van der Waals surface area contributed by atoms with E-state index >= 15 is 0 Å². The molecule has 3 atom stereocenters. The van der Waals surface area contributed by atoms with E-state index in [4.69, 9.17) is 5.73 Å². The zero-order chi connectivity index (χ0) is 14.4. The lowest BCUT2D eigenvalue weighted by molar-refractivity contribution is 0.0784. The molecule has 1 aliphatic carbocycles. The molecule has 1 amide bonds. The lowest BCUT2D eigenvalue weighted by atomic mass is 9.79. The maximum atomic E-state index is 12.7. The first-order valence-electron chi connectivity index (χ1n) is 7.68. The summed E-state index contributed by atoms with van der Waals surface area (Å²) in [6, 6.07) is 6.00. The van der Waals surface area contributed by atoms with E-state index in [1.807, 2.05) is 23.1 Å². The molecule has 0 bridgehead atoms. The quantitative estimate of drug-likeness (QED) is 0.838. The van der Waals surface area contributed by atoms with Crippen LogP contribution in [0.5, 0.6) is 0 Å². The van der Waals surface area contributed by atoms with Crippen molar-refractivity contribution in [3.63, 3.8) is 0 Å². The zero-order valence-electron chi connectivity index (χ0n) is 12.0. The summed E-state index contributed by atoms with van der Waals surface area (Å²) in [4.78, 5) is 22.0. The fourth-order valence-corrected chi connectivity index (χ4v) is 3.88. The largest absolute Gasteiger partial charge is 0.345 e. The van der Waals surface area contributed by atoms with Crippen LogP contribution in [-0.2, 0) is 0 Å². The minimum atomic E-state index is 0.134. The second-order valence-electron chi connectivity index (χ2n) is 6.44. The topological polar surface area (TPSA) is 75.0 Å². The van der Waals surface area contributed by atoms with E-state index in [1.54, 1.807) is 6.33 Å². The van der Waals surface area contributed by atoms with Gasteiger partial charge in [-0.2, -0.15) is 0 Å². The Bertz CT molecular complexity index is 680. The van der Waals surface area contributed by atoms with E-state index in [1.165, 1.54) is 0 Å². The van der Waals surface area contributed by atoms with Gasteiger partial charge < -0.3 is 15.6 Å². The number of benzene rings is 1. The van der Waals surface area contributed by atoms with Crippen molar-refractivity contribution in [1.29, 1.82) is 0 Å². The molecule has 1 unspecified atom stereocenters. The molecule has 2 aromatic rings. The summed E-state index contributed by atoms with van der Waals surface area (Å²) in [5, 5.41) is 0. The fraction of sp³-hybridized carbons (Fsp3) is 0.500. The molecule has 0 spiro atoms. The smallest absolute Gasteiger partial charge is 0.253 e. The second-order valence-corrected chi connectivity index (χ2v) is 6.44. The molecule has 1 aliphatic heterocycles. The molecule has 1 aromatic heterocycles. The summed E-state index contributed by atoms with van der Waals surface area (Å²) in [5.74, 6) is 1.37. The summed E-state index contributed by atoms with van der Waals surface area (Å²) in [7, 11) is 0. The minimum Gasteiger partial charge on any atom is -0.345 e. The lowest BCUT2D eigenvalue weighted by Gasteiger charge is -2.27. The van der Waals surface area contributed by atoms with E-state index in [0.29, 0.717) is 17.9 Å². The maximum absolute atomic E-state index is 12.7. The van der Waals surface area contributed by atoms with Crippen molar-refractivity contribution >= 4 is 16.9 Å². The van der Waals surface area contributed by atoms with Gasteiger partial charge in [0.05, 0.1) is 17.4 Å². The Morgan fingerprint density at radius 3 is 3.05 bits per heavy atom. The average molecular weight is 284 g/mol. The van der Waals surface area contributed by atoms with Gasteiger partial charge in [0, 0.05) is 24.7 Å². The summed E-state index contributed by atoms with van der Waals surface area (Å²) < 4.78 is 0. The molecule has 2 aliphatic rings. The van der Waals surface area contributed by atoms with Crippen LogP contribution in [0.15, 0.2) is 24.5 Å². The SMILES string of the molecule is NC1CC[C@@H]2CN(C(=O)c3ccc4nc[nH]c4c3)C[C@@H]2C1. The highest BCUT2D eigenvalue weighted by Crippen LogP contribution is 2.36. The number of nitrogens with zero attached hydrogens (tertiary/aromatic N) is 2. The van der Waals surface area contributed by atoms with Gasteiger partial charge in [-0.1, -0.05) is 0 Å². The van der Waals surface area contributed by atoms with Crippen LogP contribution in [0.25, 0.3) is 11.0 Å². The van der Waals surface area contributed by atoms with Gasteiger partial charge >= 0.3 is 0 Å². The molecule has 4 rings (SSSR count). The first-order chi connectivity index (χ1) is 10.2. The third-order valence-corrected chi connectivity index (χ3v) is 5.04. The number of nitrogens with two attached hydrogens (primary N) is 1. The predicted octanol–water partition coefficient (Wildman–Crippen LogP) is 1.76. The van der Waals surface area contributed by atoms with Crippen LogP contribution in [0.4, 0.5) is 0 Å². The number of imidazole rings is 1. The molecule has 3 N–H and O–H groups in total. The molecular weight excluding hydrogens is 264 g/mol. The van der Waals surface area contributed by atoms with Gasteiger partial charge in [0.25, 0.3) is 5.91 Å². The highest BCUT2D eigenvalue weighted by molar-refractivity contribution is 5.97. The van der Waals surface area contributed by atoms with Crippen molar-refractivity contribution in [2.75, 3.05) is 13.1 Å². The van der Waals surface area contributed by atoms with Gasteiger partial charge in [-0.25, -0.2) is 4.98 Å². The number of likely N-dealkylation sites (tertiary alicyclic amines) is 1. The van der Waals surface area contributed by atoms with Gasteiger partial charge in [0.15, 0.2) is 0 Å². The van der Waals surface area contributed by atoms with E-state index < -0.39 is 0 Å². The van der Waals surface area contributed by atoms with Crippen LogP contribution < -0.4 is 5.73 Å². The molecule has 1 aromatic carbocycles. The van der Waals surface area contributed by atoms with Crippen LogP contribution in [0, 0.1) is 11.8 Å². The van der Waals surface area contributed by atoms with Gasteiger partial charge in [-0.3, -0.25) is 4.79 Å². The Morgan fingerprint density at radius 2 is 2.14 bits per heavy atom. The summed E-state index contributed by atoms with van der Waals surface area (Å²) in [6.07, 6.45) is 4.98. The third-order valence-electron chi connectivity index (χ3n) is 5.04. The van der Waals surface area contributed by atoms with Crippen LogP contribution in [0.3, 0.4) is 0 Å². The third kappa shape index (κ3) is 2.21. The van der Waals surface area contributed by atoms with Crippen molar-refractivity contribution in [2.24, 2.45) is 17.6 Å². The highest BCUT2D eigenvalue weighted by Gasteiger charge is 2.38. The fourth-order valence-electron chi connectivity index (χ4n) is 3.88. The first kappa shape index (κ1) is 12.8. The highest BCUT2D eigenvalue weighted by atomic mass is 16.2. The summed E-state index contributed by atoms with van der Waals surface area (Å²) >= 11 is 0. The van der Waals surface area contributed by atoms with E-state index in [2.05, 4.69) is 9.97 Å². The number of fused-ring (bicyclic) bond motifs is 2. The first-order valence-corrected chi connectivity index (χ1v) is 7.68. The van der Waals surface area contributed by atoms with Gasteiger partial charge in [0.1, 0.15) is 0 Å². The number of carbonyl (C=O) groups is 1. The number of rotatable bonds is 1. The lowest BCUT2D eigenvalue weighted by Crippen LogP contribution is -2.32. The molecule has 2 fully saturated rings. The number of aromatic amines is 1. The molecule has 5 heteroatoms. The van der Waals surface area contributed by atoms with Gasteiger partial charge in [-0.15, -0.1) is 0 Å². The van der Waals surface area contributed by atoms with Crippen LogP contribution >= 0.6 is 0 Å². The number of hydrogen-bond donors (Lipinski definition) is 2. The molecule has 5 nitrogen and oxygen atoms in total. The van der Waals surface area contributed by atoms with Crippen molar-refractivity contribution in [3.8, 4) is 0 Å². The molecule has 0 radical (unpaired) electrons. The van der Waals surface area contributed by atoms with Gasteiger partial charge in [-0.05, 0) is 49.3 Å². The monoisotopic (exact) mass is 284 g/mol. The molecule has 2 heterocycles.